The van der Waals surface area contributed by atoms with Crippen molar-refractivity contribution in [3.8, 4) is 0 Å². The van der Waals surface area contributed by atoms with E-state index in [9.17, 15) is 4.79 Å². The van der Waals surface area contributed by atoms with Crippen molar-refractivity contribution in [3.05, 3.63) is 23.2 Å². The van der Waals surface area contributed by atoms with Gasteiger partial charge in [-0.25, -0.2) is 0 Å². The quantitative estimate of drug-likeness (QED) is 0.812. The first kappa shape index (κ1) is 16.1. The number of benzene rings is 1. The molecule has 0 aromatic heterocycles. The number of carbonyl (C=O) groups excluding carboxylic acids is 1. The molecule has 21 heavy (non-hydrogen) atoms. The van der Waals surface area contributed by atoms with E-state index in [4.69, 9.17) is 22.1 Å². The molecule has 116 valence electrons. The van der Waals surface area contributed by atoms with E-state index in [0.29, 0.717) is 16.4 Å². The first-order valence-corrected chi connectivity index (χ1v) is 7.92. The highest BCUT2D eigenvalue weighted by atomic mass is 35.5. The van der Waals surface area contributed by atoms with Crippen molar-refractivity contribution in [2.45, 2.75) is 45.1 Å². The third kappa shape index (κ3) is 4.90. The van der Waals surface area contributed by atoms with E-state index in [-0.39, 0.29) is 18.6 Å². The van der Waals surface area contributed by atoms with Gasteiger partial charge in [0, 0.05) is 5.69 Å². The molecular formula is C16H23ClN2O2. The molecule has 0 aliphatic heterocycles. The lowest BCUT2D eigenvalue weighted by Crippen LogP contribution is -2.27. The Bertz CT molecular complexity index is 493. The zero-order valence-corrected chi connectivity index (χ0v) is 13.2. The minimum atomic E-state index is -0.180. The SMILES string of the molecule is CCC1CCCC(OCC(=O)Nc2ccc(N)cc2Cl)C1. The fourth-order valence-corrected chi connectivity index (χ4v) is 3.01. The second-order valence-electron chi connectivity index (χ2n) is 5.66. The van der Waals surface area contributed by atoms with Crippen LogP contribution in [0.15, 0.2) is 18.2 Å². The molecule has 1 saturated carbocycles. The predicted molar refractivity (Wildman–Crippen MR) is 86.5 cm³/mol. The molecule has 1 aromatic rings. The molecule has 1 aromatic carbocycles. The van der Waals surface area contributed by atoms with Gasteiger partial charge >= 0.3 is 0 Å². The summed E-state index contributed by atoms with van der Waals surface area (Å²) in [6, 6.07) is 5.02. The van der Waals surface area contributed by atoms with E-state index in [1.807, 2.05) is 0 Å². The number of rotatable bonds is 5. The van der Waals surface area contributed by atoms with Crippen LogP contribution in [0, 0.1) is 5.92 Å². The minimum Gasteiger partial charge on any atom is -0.399 e. The van der Waals surface area contributed by atoms with Gasteiger partial charge in [0.05, 0.1) is 16.8 Å². The summed E-state index contributed by atoms with van der Waals surface area (Å²) in [5.41, 5.74) is 6.75. The second kappa shape index (κ2) is 7.66. The number of nitrogen functional groups attached to an aromatic ring is 1. The van der Waals surface area contributed by atoms with E-state index >= 15 is 0 Å². The highest BCUT2D eigenvalue weighted by molar-refractivity contribution is 6.34. The van der Waals surface area contributed by atoms with Crippen LogP contribution in [-0.2, 0) is 9.53 Å². The van der Waals surface area contributed by atoms with Crippen LogP contribution in [0.1, 0.15) is 39.0 Å². The molecular weight excluding hydrogens is 288 g/mol. The average molecular weight is 311 g/mol. The maximum Gasteiger partial charge on any atom is 0.250 e. The molecule has 0 spiro atoms. The molecule has 2 atom stereocenters. The van der Waals surface area contributed by atoms with Gasteiger partial charge in [0.25, 0.3) is 0 Å². The number of nitrogens with two attached hydrogens (primary N) is 1. The Kier molecular flexibility index (Phi) is 5.88. The van der Waals surface area contributed by atoms with Crippen molar-refractivity contribution in [3.63, 3.8) is 0 Å². The van der Waals surface area contributed by atoms with Crippen LogP contribution in [0.3, 0.4) is 0 Å². The highest BCUT2D eigenvalue weighted by Crippen LogP contribution is 2.28. The number of carbonyl (C=O) groups is 1. The number of ether oxygens (including phenoxy) is 1. The lowest BCUT2D eigenvalue weighted by atomic mass is 9.85. The number of hydrogen-bond acceptors (Lipinski definition) is 3. The van der Waals surface area contributed by atoms with E-state index in [2.05, 4.69) is 12.2 Å². The van der Waals surface area contributed by atoms with Crippen LogP contribution >= 0.6 is 11.6 Å². The molecule has 1 fully saturated rings. The highest BCUT2D eigenvalue weighted by Gasteiger charge is 2.22. The lowest BCUT2D eigenvalue weighted by Gasteiger charge is -2.28. The fourth-order valence-electron chi connectivity index (χ4n) is 2.78. The first-order valence-electron chi connectivity index (χ1n) is 7.55. The number of anilines is 2. The molecule has 1 aliphatic carbocycles. The Hall–Kier alpha value is -1.26. The summed E-state index contributed by atoms with van der Waals surface area (Å²) in [6.07, 6.45) is 5.97. The van der Waals surface area contributed by atoms with Gasteiger partial charge in [0.15, 0.2) is 0 Å². The molecule has 2 unspecified atom stereocenters. The number of halogens is 1. The summed E-state index contributed by atoms with van der Waals surface area (Å²) in [7, 11) is 0. The van der Waals surface area contributed by atoms with E-state index < -0.39 is 0 Å². The van der Waals surface area contributed by atoms with Gasteiger partial charge in [-0.2, -0.15) is 0 Å². The van der Waals surface area contributed by atoms with Crippen LogP contribution in [-0.4, -0.2) is 18.6 Å². The van der Waals surface area contributed by atoms with Gasteiger partial charge in [0.2, 0.25) is 5.91 Å². The van der Waals surface area contributed by atoms with Gasteiger partial charge in [-0.15, -0.1) is 0 Å². The molecule has 3 N–H and O–H groups in total. The fraction of sp³-hybridized carbons (Fsp3) is 0.562. The van der Waals surface area contributed by atoms with Crippen molar-refractivity contribution in [1.82, 2.24) is 0 Å². The maximum absolute atomic E-state index is 11.9. The van der Waals surface area contributed by atoms with Gasteiger partial charge in [-0.05, 0) is 37.0 Å². The van der Waals surface area contributed by atoms with Crippen LogP contribution in [0.5, 0.6) is 0 Å². The molecule has 2 rings (SSSR count). The molecule has 0 bridgehead atoms. The average Bonchev–Trinajstić information content (AvgIpc) is 2.48. The third-order valence-electron chi connectivity index (χ3n) is 4.03. The number of amides is 1. The minimum absolute atomic E-state index is 0.0712. The Labute approximate surface area is 131 Å². The summed E-state index contributed by atoms with van der Waals surface area (Å²) in [6.45, 7) is 2.28. The second-order valence-corrected chi connectivity index (χ2v) is 6.07. The molecule has 4 nitrogen and oxygen atoms in total. The van der Waals surface area contributed by atoms with Gasteiger partial charge in [-0.3, -0.25) is 4.79 Å². The Balaban J connectivity index is 1.79. The van der Waals surface area contributed by atoms with Crippen LogP contribution in [0.2, 0.25) is 5.02 Å². The summed E-state index contributed by atoms with van der Waals surface area (Å²) in [5.74, 6) is 0.554. The van der Waals surface area contributed by atoms with Crippen LogP contribution < -0.4 is 11.1 Å². The first-order chi connectivity index (χ1) is 10.1. The standard InChI is InChI=1S/C16H23ClN2O2/c1-2-11-4-3-5-13(8-11)21-10-16(20)19-15-7-6-12(18)9-14(15)17/h6-7,9,11,13H,2-5,8,10,18H2,1H3,(H,19,20). The third-order valence-corrected chi connectivity index (χ3v) is 4.34. The summed E-state index contributed by atoms with van der Waals surface area (Å²) < 4.78 is 5.73. The van der Waals surface area contributed by atoms with E-state index in [1.165, 1.54) is 19.3 Å². The van der Waals surface area contributed by atoms with Gasteiger partial charge < -0.3 is 15.8 Å². The normalized spacial score (nSPS) is 22.0. The number of nitrogens with one attached hydrogen (secondary N) is 1. The largest absolute Gasteiger partial charge is 0.399 e. The van der Waals surface area contributed by atoms with Crippen molar-refractivity contribution < 1.29 is 9.53 Å². The summed E-state index contributed by atoms with van der Waals surface area (Å²) in [4.78, 5) is 11.9. The van der Waals surface area contributed by atoms with Crippen LogP contribution in [0.4, 0.5) is 11.4 Å². The summed E-state index contributed by atoms with van der Waals surface area (Å²) in [5, 5.41) is 3.19. The molecule has 0 saturated heterocycles. The Morgan fingerprint density at radius 2 is 2.29 bits per heavy atom. The predicted octanol–water partition coefficient (Wildman–Crippen LogP) is 3.85. The molecule has 0 heterocycles. The Morgan fingerprint density at radius 3 is 3.00 bits per heavy atom. The molecule has 1 amide bonds. The smallest absolute Gasteiger partial charge is 0.250 e. The van der Waals surface area contributed by atoms with E-state index in [1.54, 1.807) is 18.2 Å². The zero-order valence-electron chi connectivity index (χ0n) is 12.4. The van der Waals surface area contributed by atoms with Crippen molar-refractivity contribution in [2.75, 3.05) is 17.7 Å². The summed E-state index contributed by atoms with van der Waals surface area (Å²) >= 11 is 6.02. The number of hydrogen-bond donors (Lipinski definition) is 2. The van der Waals surface area contributed by atoms with Gasteiger partial charge in [0.1, 0.15) is 6.61 Å². The van der Waals surface area contributed by atoms with Crippen molar-refractivity contribution in [2.24, 2.45) is 5.92 Å². The molecule has 5 heteroatoms. The molecule has 0 radical (unpaired) electrons. The topological polar surface area (TPSA) is 64.3 Å². The van der Waals surface area contributed by atoms with Crippen LogP contribution in [0.25, 0.3) is 0 Å². The monoisotopic (exact) mass is 310 g/mol. The van der Waals surface area contributed by atoms with Crippen molar-refractivity contribution in [1.29, 1.82) is 0 Å². The van der Waals surface area contributed by atoms with E-state index in [0.717, 1.165) is 18.8 Å². The van der Waals surface area contributed by atoms with Gasteiger partial charge in [-0.1, -0.05) is 37.8 Å². The maximum atomic E-state index is 11.9. The molecule has 1 aliphatic rings. The Morgan fingerprint density at radius 1 is 1.48 bits per heavy atom. The lowest BCUT2D eigenvalue weighted by molar-refractivity contribution is -0.123. The van der Waals surface area contributed by atoms with Crippen molar-refractivity contribution >= 4 is 28.9 Å². The zero-order chi connectivity index (χ0) is 15.2.